The number of nitrogens with one attached hydrogen (secondary N) is 3. The van der Waals surface area contributed by atoms with Gasteiger partial charge in [0.2, 0.25) is 0 Å². The maximum Gasteiger partial charge on any atom is 0.251 e. The first kappa shape index (κ1) is 23.9. The molecular weight excluding hydrogens is 463 g/mol. The second-order valence-corrected chi connectivity index (χ2v) is 6.68. The van der Waals surface area contributed by atoms with E-state index >= 15 is 0 Å². The van der Waals surface area contributed by atoms with Crippen molar-refractivity contribution in [3.63, 3.8) is 0 Å². The highest BCUT2D eigenvalue weighted by atomic mass is 127. The van der Waals surface area contributed by atoms with Gasteiger partial charge >= 0.3 is 0 Å². The summed E-state index contributed by atoms with van der Waals surface area (Å²) in [6.07, 6.45) is 0.918. The van der Waals surface area contributed by atoms with Crippen LogP contribution < -0.4 is 16.0 Å². The van der Waals surface area contributed by atoms with Crippen molar-refractivity contribution in [1.82, 2.24) is 16.0 Å². The molecule has 1 amide bonds. The molecule has 2 atom stereocenters. The van der Waals surface area contributed by atoms with Gasteiger partial charge < -0.3 is 16.0 Å². The number of halogens is 1. The molecule has 0 spiro atoms. The fraction of sp³-hybridized carbons (Fsp3) is 0.364. The lowest BCUT2D eigenvalue weighted by atomic mass is 10.1. The number of guanidine groups is 1. The molecule has 28 heavy (non-hydrogen) atoms. The van der Waals surface area contributed by atoms with Crippen LogP contribution in [0, 0.1) is 0 Å². The Kier molecular flexibility index (Phi) is 10.6. The number of carbonyl (C=O) groups excluding carboxylic acids is 1. The molecule has 0 saturated heterocycles. The highest BCUT2D eigenvalue weighted by Gasteiger charge is 2.09. The van der Waals surface area contributed by atoms with E-state index in [1.54, 1.807) is 7.05 Å². The maximum atomic E-state index is 12.1. The average Bonchev–Trinajstić information content (AvgIpc) is 2.71. The molecule has 2 rings (SSSR count). The van der Waals surface area contributed by atoms with Crippen molar-refractivity contribution >= 4 is 35.8 Å². The Morgan fingerprint density at radius 2 is 1.64 bits per heavy atom. The van der Waals surface area contributed by atoms with E-state index in [0.717, 1.165) is 17.9 Å². The van der Waals surface area contributed by atoms with Gasteiger partial charge in [0.1, 0.15) is 0 Å². The van der Waals surface area contributed by atoms with Crippen molar-refractivity contribution < 1.29 is 4.79 Å². The smallest absolute Gasteiger partial charge is 0.251 e. The van der Waals surface area contributed by atoms with Crippen LogP contribution in [-0.4, -0.2) is 25.0 Å². The van der Waals surface area contributed by atoms with Gasteiger partial charge in [-0.3, -0.25) is 9.79 Å². The quantitative estimate of drug-likeness (QED) is 0.306. The van der Waals surface area contributed by atoms with Crippen molar-refractivity contribution in [1.29, 1.82) is 0 Å². The molecule has 0 aromatic heterocycles. The molecule has 0 saturated carbocycles. The number of aliphatic imine (C=N–C) groups is 1. The van der Waals surface area contributed by atoms with Crippen molar-refractivity contribution in [2.45, 2.75) is 45.8 Å². The van der Waals surface area contributed by atoms with E-state index < -0.39 is 0 Å². The highest BCUT2D eigenvalue weighted by Crippen LogP contribution is 2.11. The molecule has 152 valence electrons. The minimum Gasteiger partial charge on any atom is -0.352 e. The zero-order valence-electron chi connectivity index (χ0n) is 17.0. The largest absolute Gasteiger partial charge is 0.352 e. The van der Waals surface area contributed by atoms with Crippen LogP contribution in [0.1, 0.15) is 54.7 Å². The Morgan fingerprint density at radius 1 is 1.00 bits per heavy atom. The summed E-state index contributed by atoms with van der Waals surface area (Å²) in [6.45, 7) is 6.80. The van der Waals surface area contributed by atoms with Gasteiger partial charge in [-0.15, -0.1) is 24.0 Å². The summed E-state index contributed by atoms with van der Waals surface area (Å²) in [5.74, 6) is 0.711. The van der Waals surface area contributed by atoms with Gasteiger partial charge in [-0.25, -0.2) is 0 Å². The predicted octanol–water partition coefficient (Wildman–Crippen LogP) is 4.26. The summed E-state index contributed by atoms with van der Waals surface area (Å²) in [5, 5.41) is 9.68. The van der Waals surface area contributed by atoms with Crippen molar-refractivity contribution in [3.05, 3.63) is 71.3 Å². The summed E-state index contributed by atoms with van der Waals surface area (Å²) in [6, 6.07) is 18.2. The summed E-state index contributed by atoms with van der Waals surface area (Å²) in [4.78, 5) is 16.4. The Morgan fingerprint density at radius 3 is 2.21 bits per heavy atom. The summed E-state index contributed by atoms with van der Waals surface area (Å²) in [7, 11) is 1.76. The number of hydrogen-bond donors (Lipinski definition) is 3. The van der Waals surface area contributed by atoms with Gasteiger partial charge in [0, 0.05) is 25.2 Å². The second kappa shape index (κ2) is 12.4. The Balaban J connectivity index is 0.00000392. The molecule has 0 bridgehead atoms. The van der Waals surface area contributed by atoms with Gasteiger partial charge in [-0.2, -0.15) is 0 Å². The van der Waals surface area contributed by atoms with Crippen LogP contribution in [0.25, 0.3) is 0 Å². The van der Waals surface area contributed by atoms with Crippen LogP contribution >= 0.6 is 24.0 Å². The predicted molar refractivity (Wildman–Crippen MR) is 127 cm³/mol. The molecule has 6 heteroatoms. The van der Waals surface area contributed by atoms with E-state index in [0.29, 0.717) is 12.1 Å². The van der Waals surface area contributed by atoms with Gasteiger partial charge in [-0.05, 0) is 43.5 Å². The number of carbonyl (C=O) groups is 1. The molecule has 0 heterocycles. The molecule has 5 nitrogen and oxygen atoms in total. The first-order valence-electron chi connectivity index (χ1n) is 9.45. The fourth-order valence-electron chi connectivity index (χ4n) is 2.59. The zero-order valence-corrected chi connectivity index (χ0v) is 19.4. The first-order chi connectivity index (χ1) is 13.0. The molecule has 0 aliphatic heterocycles. The lowest BCUT2D eigenvalue weighted by molar-refractivity contribution is 0.0939. The molecule has 2 aromatic carbocycles. The molecule has 0 radical (unpaired) electrons. The Labute approximate surface area is 185 Å². The van der Waals surface area contributed by atoms with Crippen molar-refractivity contribution in [3.8, 4) is 0 Å². The number of rotatable bonds is 7. The molecule has 0 aliphatic rings. The second-order valence-electron chi connectivity index (χ2n) is 6.68. The van der Waals surface area contributed by atoms with E-state index in [1.807, 2.05) is 49.4 Å². The van der Waals surface area contributed by atoms with Crippen LogP contribution in [0.15, 0.2) is 59.6 Å². The highest BCUT2D eigenvalue weighted by molar-refractivity contribution is 14.0. The summed E-state index contributed by atoms with van der Waals surface area (Å²) in [5.41, 5.74) is 2.97. The minimum absolute atomic E-state index is 0. The average molecular weight is 494 g/mol. The molecule has 2 aromatic rings. The van der Waals surface area contributed by atoms with Crippen molar-refractivity contribution in [2.24, 2.45) is 4.99 Å². The lowest BCUT2D eigenvalue weighted by Gasteiger charge is -2.18. The monoisotopic (exact) mass is 494 g/mol. The molecule has 0 aliphatic carbocycles. The van der Waals surface area contributed by atoms with E-state index in [2.05, 4.69) is 46.9 Å². The topological polar surface area (TPSA) is 65.5 Å². The summed E-state index contributed by atoms with van der Waals surface area (Å²) >= 11 is 0. The number of hydrogen-bond acceptors (Lipinski definition) is 2. The van der Waals surface area contributed by atoms with Crippen LogP contribution in [0.2, 0.25) is 0 Å². The van der Waals surface area contributed by atoms with Crippen molar-refractivity contribution in [2.75, 3.05) is 7.05 Å². The lowest BCUT2D eigenvalue weighted by Crippen LogP contribution is -2.38. The number of nitrogens with zero attached hydrogens (tertiary/aromatic N) is 1. The number of amides is 1. The third-order valence-corrected chi connectivity index (χ3v) is 4.54. The molecule has 3 N–H and O–H groups in total. The van der Waals surface area contributed by atoms with E-state index in [9.17, 15) is 4.79 Å². The SMILES string of the molecule is CCC(C)NC(=O)c1ccc(CNC(=NC)NC(C)c2ccccc2)cc1.I. The zero-order chi connectivity index (χ0) is 19.6. The van der Waals surface area contributed by atoms with E-state index in [-0.39, 0.29) is 42.0 Å². The van der Waals surface area contributed by atoms with Crippen LogP contribution in [0.4, 0.5) is 0 Å². The summed E-state index contributed by atoms with van der Waals surface area (Å²) < 4.78 is 0. The van der Waals surface area contributed by atoms with Crippen LogP contribution in [-0.2, 0) is 6.54 Å². The molecule has 0 fully saturated rings. The normalized spacial score (nSPS) is 13.1. The minimum atomic E-state index is -0.0296. The Bertz CT molecular complexity index is 747. The molecule has 2 unspecified atom stereocenters. The molecular formula is C22H31IN4O. The van der Waals surface area contributed by atoms with Gasteiger partial charge in [-0.1, -0.05) is 49.4 Å². The van der Waals surface area contributed by atoms with E-state index in [1.165, 1.54) is 5.56 Å². The maximum absolute atomic E-state index is 12.1. The van der Waals surface area contributed by atoms with Crippen LogP contribution in [0.5, 0.6) is 0 Å². The fourth-order valence-corrected chi connectivity index (χ4v) is 2.59. The third kappa shape index (κ3) is 7.50. The van der Waals surface area contributed by atoms with Crippen LogP contribution in [0.3, 0.4) is 0 Å². The standard InChI is InChI=1S/C22H30N4O.HI/c1-5-16(2)25-21(27)20-13-11-18(12-14-20)15-24-22(23-4)26-17(3)19-9-7-6-8-10-19;/h6-14,16-17H,5,15H2,1-4H3,(H,25,27)(H2,23,24,26);1H. The van der Waals surface area contributed by atoms with Gasteiger partial charge in [0.05, 0.1) is 6.04 Å². The first-order valence-corrected chi connectivity index (χ1v) is 9.45. The third-order valence-electron chi connectivity index (χ3n) is 4.54. The van der Waals surface area contributed by atoms with Gasteiger partial charge in [0.15, 0.2) is 5.96 Å². The van der Waals surface area contributed by atoms with Gasteiger partial charge in [0.25, 0.3) is 5.91 Å². The Hall–Kier alpha value is -2.09. The van der Waals surface area contributed by atoms with E-state index in [4.69, 9.17) is 0 Å². The number of benzene rings is 2.